The number of carbonyl (C=O) groups is 2. The molecule has 1 aliphatic rings. The fourth-order valence-electron chi connectivity index (χ4n) is 2.65. The molecule has 0 aliphatic carbocycles. The summed E-state index contributed by atoms with van der Waals surface area (Å²) in [4.78, 5) is 35.6. The number of H-pyrrole nitrogens is 1. The predicted molar refractivity (Wildman–Crippen MR) is 101 cm³/mol. The largest absolute Gasteiger partial charge is 0.481 e. The van der Waals surface area contributed by atoms with Crippen molar-refractivity contribution in [2.75, 3.05) is 7.11 Å². The van der Waals surface area contributed by atoms with E-state index in [2.05, 4.69) is 14.9 Å². The van der Waals surface area contributed by atoms with Crippen LogP contribution in [-0.2, 0) is 19.1 Å². The third-order valence-electron chi connectivity index (χ3n) is 4.54. The van der Waals surface area contributed by atoms with E-state index in [-0.39, 0.29) is 23.8 Å². The molecule has 0 saturated carbocycles. The number of carboxylic acids is 1. The Morgan fingerprint density at radius 3 is 2.33 bits per heavy atom. The summed E-state index contributed by atoms with van der Waals surface area (Å²) >= 11 is 0. The molecule has 1 aliphatic heterocycles. The molecule has 2 rings (SSSR count). The molecule has 2 heterocycles. The van der Waals surface area contributed by atoms with Gasteiger partial charge in [-0.15, -0.1) is 0 Å². The molecule has 170 valence electrons. The van der Waals surface area contributed by atoms with E-state index in [0.29, 0.717) is 0 Å². The smallest absolute Gasteiger partial charge is 0.329 e. The van der Waals surface area contributed by atoms with E-state index in [1.807, 2.05) is 0 Å². The molecule has 1 aromatic heterocycles. The number of rotatable bonds is 5. The van der Waals surface area contributed by atoms with Crippen molar-refractivity contribution in [3.63, 3.8) is 0 Å². The number of esters is 1. The number of hydrogen-bond acceptors (Lipinski definition) is 9. The van der Waals surface area contributed by atoms with Crippen molar-refractivity contribution in [2.45, 2.75) is 58.7 Å². The van der Waals surface area contributed by atoms with E-state index in [0.717, 1.165) is 4.57 Å². The minimum absolute atomic E-state index is 0.00463. The number of carboxylic acid groups (broad SMARTS) is 1. The lowest BCUT2D eigenvalue weighted by Crippen LogP contribution is -2.38. The van der Waals surface area contributed by atoms with E-state index in [1.165, 1.54) is 33.2 Å². The van der Waals surface area contributed by atoms with Gasteiger partial charge in [0.2, 0.25) is 0 Å². The Balaban J connectivity index is 0.000000553. The summed E-state index contributed by atoms with van der Waals surface area (Å²) in [7, 11) is 1.39. The van der Waals surface area contributed by atoms with Crippen LogP contribution in [-0.4, -0.2) is 67.4 Å². The average Bonchev–Trinajstić information content (AvgIpc) is 2.95. The normalized spacial score (nSPS) is 24.3. The summed E-state index contributed by atoms with van der Waals surface area (Å²) in [6, 6.07) is 1.28. The molecule has 0 bridgehead atoms. The maximum Gasteiger partial charge on any atom is 0.329 e. The van der Waals surface area contributed by atoms with Crippen molar-refractivity contribution in [2.24, 2.45) is 16.5 Å². The summed E-state index contributed by atoms with van der Waals surface area (Å²) in [5, 5.41) is 40.7. The van der Waals surface area contributed by atoms with Crippen LogP contribution in [0.25, 0.3) is 0 Å². The Morgan fingerprint density at radius 2 is 1.93 bits per heavy atom. The topological polar surface area (TPSA) is 184 Å². The number of aliphatic hydroxyl groups excluding tert-OH is 2. The second-order valence-electron chi connectivity index (χ2n) is 7.76. The van der Waals surface area contributed by atoms with Crippen LogP contribution in [0.15, 0.2) is 22.2 Å². The fraction of sp³-hybridized carbons (Fsp3) is 0.667. The Morgan fingerprint density at radius 1 is 1.33 bits per heavy atom. The number of aliphatic hydroxyl groups is 2. The first-order valence-electron chi connectivity index (χ1n) is 9.18. The van der Waals surface area contributed by atoms with Gasteiger partial charge in [-0.3, -0.25) is 19.1 Å². The number of aromatic amines is 1. The van der Waals surface area contributed by atoms with Crippen LogP contribution >= 0.6 is 0 Å². The van der Waals surface area contributed by atoms with Gasteiger partial charge in [-0.05, 0) is 20.3 Å². The standard InChI is InChI=1S/C13H19N3O7.C5H10O2/c1-13(2,11(19)20)5-6-8(17)9(18)10(23-6)16-4-3-7(15-22)14-12(16)21;1-4(2)5(6)7-3/h3-4,6,8-10,17-18,22H,5H2,1-2H3,(H,19,20)(H,14,15,21);4H,1-3H3/t6-,8-,9-,10-;/m1./s1. The summed E-state index contributed by atoms with van der Waals surface area (Å²) in [5.74, 6) is -1.21. The highest BCUT2D eigenvalue weighted by Gasteiger charge is 2.47. The zero-order valence-electron chi connectivity index (χ0n) is 17.5. The third kappa shape index (κ3) is 6.15. The summed E-state index contributed by atoms with van der Waals surface area (Å²) in [6.07, 6.45) is -3.69. The number of nitrogens with one attached hydrogen (secondary N) is 1. The van der Waals surface area contributed by atoms with Crippen LogP contribution in [0.5, 0.6) is 0 Å². The number of methoxy groups -OCH3 is 1. The van der Waals surface area contributed by atoms with Gasteiger partial charge in [-0.25, -0.2) is 4.79 Å². The lowest BCUT2D eigenvalue weighted by molar-refractivity contribution is -0.150. The second-order valence-corrected chi connectivity index (χ2v) is 7.76. The molecule has 0 radical (unpaired) electrons. The van der Waals surface area contributed by atoms with Gasteiger partial charge in [0.05, 0.1) is 24.5 Å². The first-order chi connectivity index (χ1) is 13.8. The van der Waals surface area contributed by atoms with E-state index in [4.69, 9.17) is 15.1 Å². The molecule has 12 nitrogen and oxygen atoms in total. The number of ether oxygens (including phenoxy) is 2. The monoisotopic (exact) mass is 431 g/mol. The number of aromatic nitrogens is 2. The number of aliphatic carboxylic acids is 1. The van der Waals surface area contributed by atoms with Crippen LogP contribution in [0.3, 0.4) is 0 Å². The maximum absolute atomic E-state index is 11.9. The molecule has 1 fully saturated rings. The Hall–Kier alpha value is -2.70. The zero-order valence-corrected chi connectivity index (χ0v) is 17.5. The van der Waals surface area contributed by atoms with Crippen LogP contribution in [0, 0.1) is 11.3 Å². The highest BCUT2D eigenvalue weighted by atomic mass is 16.6. The van der Waals surface area contributed by atoms with Gasteiger partial charge in [0.15, 0.2) is 11.7 Å². The summed E-state index contributed by atoms with van der Waals surface area (Å²) in [5.41, 5.74) is -1.96. The van der Waals surface area contributed by atoms with Crippen LogP contribution in [0.1, 0.15) is 40.3 Å². The quantitative estimate of drug-likeness (QED) is 0.231. The number of nitrogens with zero attached hydrogens (tertiary/aromatic N) is 2. The van der Waals surface area contributed by atoms with Gasteiger partial charge >= 0.3 is 17.6 Å². The highest BCUT2D eigenvalue weighted by Crippen LogP contribution is 2.35. The number of hydrogen-bond donors (Lipinski definition) is 5. The van der Waals surface area contributed by atoms with Gasteiger partial charge in [0.25, 0.3) is 0 Å². The highest BCUT2D eigenvalue weighted by molar-refractivity contribution is 5.73. The molecule has 0 unspecified atom stereocenters. The SMILES string of the molecule is CC(C)(C[C@H]1O[C@@H](n2ccc(=NO)[nH]c2=O)[C@H](O)[C@@H]1O)C(=O)O.COC(=O)C(C)C. The van der Waals surface area contributed by atoms with E-state index in [9.17, 15) is 24.6 Å². The van der Waals surface area contributed by atoms with Crippen LogP contribution in [0.4, 0.5) is 0 Å². The van der Waals surface area contributed by atoms with Crippen molar-refractivity contribution < 1.29 is 39.6 Å². The molecule has 12 heteroatoms. The third-order valence-corrected chi connectivity index (χ3v) is 4.54. The lowest BCUT2D eigenvalue weighted by Gasteiger charge is -2.24. The molecule has 0 aromatic carbocycles. The average molecular weight is 431 g/mol. The van der Waals surface area contributed by atoms with Gasteiger partial charge in [0.1, 0.15) is 12.2 Å². The van der Waals surface area contributed by atoms with Crippen molar-refractivity contribution in [1.29, 1.82) is 0 Å². The lowest BCUT2D eigenvalue weighted by atomic mass is 9.85. The first-order valence-corrected chi connectivity index (χ1v) is 9.18. The molecule has 1 saturated heterocycles. The van der Waals surface area contributed by atoms with Crippen molar-refractivity contribution >= 4 is 11.9 Å². The van der Waals surface area contributed by atoms with Gasteiger partial charge in [0, 0.05) is 12.3 Å². The van der Waals surface area contributed by atoms with Crippen molar-refractivity contribution in [3.8, 4) is 0 Å². The fourth-order valence-corrected chi connectivity index (χ4v) is 2.65. The zero-order chi connectivity index (χ0) is 23.2. The summed E-state index contributed by atoms with van der Waals surface area (Å²) in [6.45, 7) is 6.54. The first kappa shape index (κ1) is 25.3. The van der Waals surface area contributed by atoms with Crippen molar-refractivity contribution in [1.82, 2.24) is 9.55 Å². The molecule has 5 N–H and O–H groups in total. The molecule has 0 spiro atoms. The molecule has 30 heavy (non-hydrogen) atoms. The molecule has 4 atom stereocenters. The second kappa shape index (κ2) is 10.4. The van der Waals surface area contributed by atoms with Gasteiger partial charge in [-0.1, -0.05) is 19.0 Å². The van der Waals surface area contributed by atoms with Crippen LogP contribution < -0.4 is 11.2 Å². The maximum atomic E-state index is 11.9. The van der Waals surface area contributed by atoms with E-state index in [1.54, 1.807) is 13.8 Å². The minimum atomic E-state index is -1.41. The molecular formula is C18H29N3O9. The van der Waals surface area contributed by atoms with E-state index < -0.39 is 41.6 Å². The molecular weight excluding hydrogens is 402 g/mol. The van der Waals surface area contributed by atoms with Crippen LogP contribution in [0.2, 0.25) is 0 Å². The molecule has 0 amide bonds. The number of carbonyl (C=O) groups excluding carboxylic acids is 1. The Kier molecular flexibility index (Phi) is 8.75. The molecule has 1 aromatic rings. The predicted octanol–water partition coefficient (Wildman–Crippen LogP) is -0.598. The summed E-state index contributed by atoms with van der Waals surface area (Å²) < 4.78 is 10.9. The minimum Gasteiger partial charge on any atom is -0.481 e. The Bertz CT molecular complexity index is 859. The van der Waals surface area contributed by atoms with Crippen molar-refractivity contribution in [3.05, 3.63) is 28.2 Å². The van der Waals surface area contributed by atoms with Gasteiger partial charge < -0.3 is 30.0 Å². The Labute approximate surface area is 172 Å². The van der Waals surface area contributed by atoms with E-state index >= 15 is 0 Å². The van der Waals surface area contributed by atoms with Gasteiger partial charge in [-0.2, -0.15) is 0 Å².